The molecule has 0 unspecified atom stereocenters. The van der Waals surface area contributed by atoms with Crippen LogP contribution in [0.3, 0.4) is 0 Å². The maximum absolute atomic E-state index is 12.0. The van der Waals surface area contributed by atoms with Crippen molar-refractivity contribution in [3.8, 4) is 0 Å². The second kappa shape index (κ2) is 6.76. The van der Waals surface area contributed by atoms with E-state index in [2.05, 4.69) is 15.5 Å². The van der Waals surface area contributed by atoms with Crippen molar-refractivity contribution in [1.29, 1.82) is 0 Å². The van der Waals surface area contributed by atoms with Gasteiger partial charge in [-0.15, -0.1) is 11.3 Å². The zero-order chi connectivity index (χ0) is 15.2. The molecule has 108 valence electrons. The van der Waals surface area contributed by atoms with Gasteiger partial charge in [0.05, 0.1) is 17.1 Å². The van der Waals surface area contributed by atoms with Crippen LogP contribution >= 0.6 is 11.3 Å². The Balaban J connectivity index is 2.03. The molecule has 7 heteroatoms. The van der Waals surface area contributed by atoms with E-state index in [1.807, 2.05) is 6.92 Å². The summed E-state index contributed by atoms with van der Waals surface area (Å²) in [6, 6.07) is 5.25. The van der Waals surface area contributed by atoms with Crippen LogP contribution in [0.15, 0.2) is 30.5 Å². The van der Waals surface area contributed by atoms with Gasteiger partial charge in [-0.25, -0.2) is 4.79 Å². The van der Waals surface area contributed by atoms with Crippen LogP contribution in [0.4, 0.5) is 0 Å². The highest BCUT2D eigenvalue weighted by atomic mass is 32.1. The number of carboxylic acids is 1. The minimum absolute atomic E-state index is 0.219. The lowest BCUT2D eigenvalue weighted by Crippen LogP contribution is -2.22. The summed E-state index contributed by atoms with van der Waals surface area (Å²) in [4.78, 5) is 23.8. The van der Waals surface area contributed by atoms with E-state index >= 15 is 0 Å². The van der Waals surface area contributed by atoms with Crippen LogP contribution in [0.5, 0.6) is 0 Å². The molecule has 0 aromatic carbocycles. The fraction of sp³-hybridized carbons (Fsp3) is 0.143. The Morgan fingerprint density at radius 3 is 2.95 bits per heavy atom. The number of thiophene rings is 1. The molecule has 0 atom stereocenters. The first-order chi connectivity index (χ1) is 10.1. The minimum Gasteiger partial charge on any atom is -0.478 e. The highest BCUT2D eigenvalue weighted by Gasteiger charge is 2.11. The molecular formula is C14H13N3O3S. The van der Waals surface area contributed by atoms with E-state index in [4.69, 9.17) is 5.11 Å². The molecule has 0 radical (unpaired) electrons. The Morgan fingerprint density at radius 2 is 2.29 bits per heavy atom. The van der Waals surface area contributed by atoms with Gasteiger partial charge in [0.2, 0.25) is 0 Å². The van der Waals surface area contributed by atoms with Gasteiger partial charge in [0, 0.05) is 17.2 Å². The molecule has 0 aliphatic heterocycles. The molecule has 0 aliphatic rings. The fourth-order valence-electron chi connectivity index (χ4n) is 1.61. The van der Waals surface area contributed by atoms with Crippen molar-refractivity contribution in [2.24, 2.45) is 0 Å². The van der Waals surface area contributed by atoms with Crippen molar-refractivity contribution in [3.63, 3.8) is 0 Å². The average Bonchev–Trinajstić information content (AvgIpc) is 2.85. The maximum Gasteiger partial charge on any atom is 0.328 e. The molecule has 0 saturated heterocycles. The molecule has 0 saturated carbocycles. The van der Waals surface area contributed by atoms with Gasteiger partial charge in [0.15, 0.2) is 0 Å². The van der Waals surface area contributed by atoms with Gasteiger partial charge in [0.1, 0.15) is 0 Å². The summed E-state index contributed by atoms with van der Waals surface area (Å²) >= 11 is 1.25. The van der Waals surface area contributed by atoms with Crippen LogP contribution in [0, 0.1) is 6.92 Å². The smallest absolute Gasteiger partial charge is 0.328 e. The molecule has 2 rings (SSSR count). The number of carbonyl (C=O) groups is 2. The van der Waals surface area contributed by atoms with Crippen molar-refractivity contribution in [1.82, 2.24) is 15.5 Å². The number of rotatable bonds is 5. The maximum atomic E-state index is 12.0. The molecule has 2 aromatic heterocycles. The molecule has 2 N–H and O–H groups in total. The number of carboxylic acid groups (broad SMARTS) is 1. The lowest BCUT2D eigenvalue weighted by Gasteiger charge is -2.01. The zero-order valence-electron chi connectivity index (χ0n) is 11.2. The number of aryl methyl sites for hydroxylation is 1. The topological polar surface area (TPSA) is 92.2 Å². The SMILES string of the molecule is Cc1cc(C(=O)NCc2cccnn2)sc1/C=C/C(=O)O. The molecule has 21 heavy (non-hydrogen) atoms. The molecule has 1 amide bonds. The van der Waals surface area contributed by atoms with E-state index in [0.717, 1.165) is 16.5 Å². The molecule has 0 aliphatic carbocycles. The number of hydrogen-bond acceptors (Lipinski definition) is 5. The van der Waals surface area contributed by atoms with E-state index in [0.29, 0.717) is 17.1 Å². The third-order valence-corrected chi connectivity index (χ3v) is 3.82. The first kappa shape index (κ1) is 14.9. The van der Waals surface area contributed by atoms with Gasteiger partial charge >= 0.3 is 5.97 Å². The first-order valence-electron chi connectivity index (χ1n) is 6.12. The van der Waals surface area contributed by atoms with E-state index in [-0.39, 0.29) is 5.91 Å². The Hall–Kier alpha value is -2.54. The predicted octanol–water partition coefficient (Wildman–Crippen LogP) is 1.87. The second-order valence-electron chi connectivity index (χ2n) is 4.23. The summed E-state index contributed by atoms with van der Waals surface area (Å²) in [5, 5.41) is 19.0. The summed E-state index contributed by atoms with van der Waals surface area (Å²) in [6.45, 7) is 2.13. The van der Waals surface area contributed by atoms with E-state index in [1.54, 1.807) is 24.4 Å². The number of nitrogens with zero attached hydrogens (tertiary/aromatic N) is 2. The van der Waals surface area contributed by atoms with Crippen LogP contribution in [-0.4, -0.2) is 27.2 Å². The predicted molar refractivity (Wildman–Crippen MR) is 78.9 cm³/mol. The van der Waals surface area contributed by atoms with E-state index in [9.17, 15) is 9.59 Å². The number of aromatic nitrogens is 2. The summed E-state index contributed by atoms with van der Waals surface area (Å²) in [5.41, 5.74) is 1.53. The number of nitrogens with one attached hydrogen (secondary N) is 1. The van der Waals surface area contributed by atoms with Crippen LogP contribution in [0.2, 0.25) is 0 Å². The lowest BCUT2D eigenvalue weighted by atomic mass is 10.2. The van der Waals surface area contributed by atoms with Crippen LogP contribution < -0.4 is 5.32 Å². The van der Waals surface area contributed by atoms with Crippen molar-refractivity contribution in [3.05, 3.63) is 51.5 Å². The highest BCUT2D eigenvalue weighted by Crippen LogP contribution is 2.23. The number of amides is 1. The minimum atomic E-state index is -1.02. The monoisotopic (exact) mass is 303 g/mol. The van der Waals surface area contributed by atoms with Gasteiger partial charge in [-0.2, -0.15) is 10.2 Å². The Bertz CT molecular complexity index is 680. The number of hydrogen-bond donors (Lipinski definition) is 2. The number of carbonyl (C=O) groups excluding carboxylic acids is 1. The summed E-state index contributed by atoms with van der Waals surface area (Å²) in [5.74, 6) is -1.24. The third-order valence-electron chi connectivity index (χ3n) is 2.61. The largest absolute Gasteiger partial charge is 0.478 e. The van der Waals surface area contributed by atoms with Crippen molar-refractivity contribution in [2.75, 3.05) is 0 Å². The second-order valence-corrected chi connectivity index (χ2v) is 5.31. The fourth-order valence-corrected chi connectivity index (χ4v) is 2.60. The van der Waals surface area contributed by atoms with Crippen LogP contribution in [-0.2, 0) is 11.3 Å². The standard InChI is InChI=1S/C14H13N3O3S/c1-9-7-12(21-11(9)4-5-13(18)19)14(20)15-8-10-3-2-6-16-17-10/h2-7H,8H2,1H3,(H,15,20)(H,18,19)/b5-4+. The van der Waals surface area contributed by atoms with E-state index < -0.39 is 5.97 Å². The molecule has 0 bridgehead atoms. The quantitative estimate of drug-likeness (QED) is 0.823. The molecule has 2 aromatic rings. The van der Waals surface area contributed by atoms with Crippen molar-refractivity contribution < 1.29 is 14.7 Å². The molecular weight excluding hydrogens is 290 g/mol. The molecule has 0 fully saturated rings. The van der Waals surface area contributed by atoms with Gasteiger partial charge in [-0.1, -0.05) is 0 Å². The Kier molecular flexibility index (Phi) is 4.78. The summed E-state index contributed by atoms with van der Waals surface area (Å²) < 4.78 is 0. The van der Waals surface area contributed by atoms with Crippen LogP contribution in [0.1, 0.15) is 25.8 Å². The average molecular weight is 303 g/mol. The Labute approximate surface area is 125 Å². The zero-order valence-corrected chi connectivity index (χ0v) is 12.1. The van der Waals surface area contributed by atoms with Crippen molar-refractivity contribution in [2.45, 2.75) is 13.5 Å². The number of aliphatic carboxylic acids is 1. The van der Waals surface area contributed by atoms with Gasteiger partial charge < -0.3 is 10.4 Å². The van der Waals surface area contributed by atoms with E-state index in [1.165, 1.54) is 17.4 Å². The van der Waals surface area contributed by atoms with Crippen LogP contribution in [0.25, 0.3) is 6.08 Å². The summed E-state index contributed by atoms with van der Waals surface area (Å²) in [7, 11) is 0. The summed E-state index contributed by atoms with van der Waals surface area (Å²) in [6.07, 6.45) is 4.11. The highest BCUT2D eigenvalue weighted by molar-refractivity contribution is 7.15. The molecule has 0 spiro atoms. The van der Waals surface area contributed by atoms with Crippen molar-refractivity contribution >= 4 is 29.3 Å². The third kappa shape index (κ3) is 4.22. The Morgan fingerprint density at radius 1 is 1.48 bits per heavy atom. The normalized spacial score (nSPS) is 10.7. The lowest BCUT2D eigenvalue weighted by molar-refractivity contribution is -0.131. The van der Waals surface area contributed by atoms with Gasteiger partial charge in [0.25, 0.3) is 5.91 Å². The van der Waals surface area contributed by atoms with Gasteiger partial charge in [-0.05, 0) is 36.8 Å². The molecule has 2 heterocycles. The van der Waals surface area contributed by atoms with Gasteiger partial charge in [-0.3, -0.25) is 4.79 Å². The molecule has 6 nitrogen and oxygen atoms in total. The first-order valence-corrected chi connectivity index (χ1v) is 6.94.